The van der Waals surface area contributed by atoms with Gasteiger partial charge in [-0.1, -0.05) is 32.0 Å². The monoisotopic (exact) mass is 365 g/mol. The second-order valence-electron chi connectivity index (χ2n) is 6.71. The maximum absolute atomic E-state index is 13.1. The molecular weight excluding hydrogens is 341 g/mol. The van der Waals surface area contributed by atoms with Gasteiger partial charge in [-0.25, -0.2) is 22.5 Å². The van der Waals surface area contributed by atoms with Gasteiger partial charge in [-0.15, -0.1) is 0 Å². The first-order valence-corrected chi connectivity index (χ1v) is 9.94. The van der Waals surface area contributed by atoms with Crippen molar-refractivity contribution in [2.45, 2.75) is 25.7 Å². The number of sulfonamides is 1. The molecule has 5 nitrogen and oxygen atoms in total. The lowest BCUT2D eigenvalue weighted by Gasteiger charge is -2.26. The number of hydrogen-bond acceptors (Lipinski definition) is 4. The molecule has 0 aliphatic heterocycles. The van der Waals surface area contributed by atoms with E-state index in [1.54, 1.807) is 18.3 Å². The predicted octanol–water partition coefficient (Wildman–Crippen LogP) is 2.70. The molecule has 1 aromatic heterocycles. The molecule has 0 aliphatic rings. The number of nitrogens with one attached hydrogen (secondary N) is 2. The molecule has 0 bridgehead atoms. The number of pyridine rings is 1. The van der Waals surface area contributed by atoms with Crippen LogP contribution in [-0.4, -0.2) is 32.7 Å². The first-order chi connectivity index (χ1) is 11.7. The van der Waals surface area contributed by atoms with Gasteiger partial charge >= 0.3 is 0 Å². The Morgan fingerprint density at radius 1 is 1.12 bits per heavy atom. The molecule has 0 unspecified atom stereocenters. The van der Waals surface area contributed by atoms with Gasteiger partial charge in [0.25, 0.3) is 0 Å². The van der Waals surface area contributed by atoms with Crippen molar-refractivity contribution in [3.8, 4) is 0 Å². The Bertz CT molecular complexity index is 788. The minimum absolute atomic E-state index is 0.173. The molecule has 0 radical (unpaired) electrons. The highest BCUT2D eigenvalue weighted by molar-refractivity contribution is 7.88. The van der Waals surface area contributed by atoms with Crippen LogP contribution in [0.4, 0.5) is 10.2 Å². The van der Waals surface area contributed by atoms with Crippen LogP contribution < -0.4 is 10.0 Å². The van der Waals surface area contributed by atoms with E-state index in [0.29, 0.717) is 19.5 Å². The molecule has 1 aromatic carbocycles. The molecule has 0 saturated carbocycles. The maximum Gasteiger partial charge on any atom is 0.208 e. The van der Waals surface area contributed by atoms with E-state index in [2.05, 4.69) is 28.9 Å². The summed E-state index contributed by atoms with van der Waals surface area (Å²) in [6, 6.07) is 10.3. The number of anilines is 1. The third-order valence-corrected chi connectivity index (χ3v) is 4.67. The normalized spacial score (nSPS) is 12.2. The average molecular weight is 365 g/mol. The highest BCUT2D eigenvalue weighted by Crippen LogP contribution is 2.23. The molecule has 25 heavy (non-hydrogen) atoms. The molecule has 7 heteroatoms. The zero-order valence-electron chi connectivity index (χ0n) is 14.7. The third kappa shape index (κ3) is 6.43. The van der Waals surface area contributed by atoms with E-state index in [-0.39, 0.29) is 11.2 Å². The zero-order valence-corrected chi connectivity index (χ0v) is 15.5. The van der Waals surface area contributed by atoms with Gasteiger partial charge in [0.05, 0.1) is 6.26 Å². The molecule has 0 saturated heterocycles. The van der Waals surface area contributed by atoms with Gasteiger partial charge in [-0.05, 0) is 35.7 Å². The molecular formula is C18H24FN3O2S. The van der Waals surface area contributed by atoms with Gasteiger partial charge in [0, 0.05) is 24.7 Å². The van der Waals surface area contributed by atoms with Crippen molar-refractivity contribution < 1.29 is 12.8 Å². The van der Waals surface area contributed by atoms with Crippen LogP contribution in [0.1, 0.15) is 25.0 Å². The molecule has 0 amide bonds. The molecule has 2 N–H and O–H groups in total. The van der Waals surface area contributed by atoms with Crippen molar-refractivity contribution in [2.24, 2.45) is 0 Å². The minimum Gasteiger partial charge on any atom is -0.369 e. The molecule has 0 spiro atoms. The molecule has 1 heterocycles. The predicted molar refractivity (Wildman–Crippen MR) is 98.7 cm³/mol. The van der Waals surface area contributed by atoms with E-state index < -0.39 is 10.0 Å². The number of nitrogens with zero attached hydrogens (tertiary/aromatic N) is 1. The van der Waals surface area contributed by atoms with Gasteiger partial charge in [0.15, 0.2) is 0 Å². The Balaban J connectivity index is 1.89. The van der Waals surface area contributed by atoms with Crippen LogP contribution >= 0.6 is 0 Å². The number of halogens is 1. The SMILES string of the molecule is CC(C)(CNc1ccc(CCNS(C)(=O)=O)cn1)c1ccc(F)cc1. The summed E-state index contributed by atoms with van der Waals surface area (Å²) in [5.41, 5.74) is 1.83. The van der Waals surface area contributed by atoms with Crippen LogP contribution in [0.2, 0.25) is 0 Å². The lowest BCUT2D eigenvalue weighted by atomic mass is 9.84. The number of hydrogen-bond donors (Lipinski definition) is 2. The van der Waals surface area contributed by atoms with Crippen molar-refractivity contribution in [1.29, 1.82) is 0 Å². The first-order valence-electron chi connectivity index (χ1n) is 8.05. The van der Waals surface area contributed by atoms with Gasteiger partial charge in [-0.3, -0.25) is 0 Å². The van der Waals surface area contributed by atoms with E-state index in [1.165, 1.54) is 12.1 Å². The number of aromatic nitrogens is 1. The first kappa shape index (κ1) is 19.3. The second kappa shape index (κ2) is 7.93. The zero-order chi connectivity index (χ0) is 18.5. The number of benzene rings is 1. The van der Waals surface area contributed by atoms with Crippen LogP contribution in [0, 0.1) is 5.82 Å². The molecule has 0 atom stereocenters. The summed E-state index contributed by atoms with van der Waals surface area (Å²) in [4.78, 5) is 4.36. The summed E-state index contributed by atoms with van der Waals surface area (Å²) in [6.07, 6.45) is 3.46. The van der Waals surface area contributed by atoms with Crippen LogP contribution in [0.5, 0.6) is 0 Å². The van der Waals surface area contributed by atoms with E-state index in [0.717, 1.165) is 23.2 Å². The Labute approximate surface area is 148 Å². The maximum atomic E-state index is 13.1. The number of rotatable bonds is 8. The van der Waals surface area contributed by atoms with E-state index in [9.17, 15) is 12.8 Å². The fraction of sp³-hybridized carbons (Fsp3) is 0.389. The highest BCUT2D eigenvalue weighted by Gasteiger charge is 2.20. The summed E-state index contributed by atoms with van der Waals surface area (Å²) in [5.74, 6) is 0.505. The smallest absolute Gasteiger partial charge is 0.208 e. The molecule has 0 aliphatic carbocycles. The second-order valence-corrected chi connectivity index (χ2v) is 8.55. The summed E-state index contributed by atoms with van der Waals surface area (Å²) in [6.45, 7) is 5.17. The summed E-state index contributed by atoms with van der Waals surface area (Å²) < 4.78 is 37.6. The Morgan fingerprint density at radius 2 is 1.80 bits per heavy atom. The molecule has 0 fully saturated rings. The van der Waals surface area contributed by atoms with Gasteiger partial charge in [0.2, 0.25) is 10.0 Å². The van der Waals surface area contributed by atoms with Crippen LogP contribution in [-0.2, 0) is 21.9 Å². The standard InChI is InChI=1S/C18H24FN3O2S/c1-18(2,15-5-7-16(19)8-6-15)13-21-17-9-4-14(12-20-17)10-11-22-25(3,23)24/h4-9,12,22H,10-11,13H2,1-3H3,(H,20,21). The summed E-state index contributed by atoms with van der Waals surface area (Å²) in [5, 5.41) is 3.29. The van der Waals surface area contributed by atoms with Gasteiger partial charge < -0.3 is 5.32 Å². The van der Waals surface area contributed by atoms with Crippen molar-refractivity contribution in [1.82, 2.24) is 9.71 Å². The average Bonchev–Trinajstić information content (AvgIpc) is 2.53. The van der Waals surface area contributed by atoms with Crippen LogP contribution in [0.3, 0.4) is 0 Å². The van der Waals surface area contributed by atoms with Crippen molar-refractivity contribution in [2.75, 3.05) is 24.7 Å². The van der Waals surface area contributed by atoms with E-state index in [4.69, 9.17) is 0 Å². The lowest BCUT2D eigenvalue weighted by molar-refractivity contribution is 0.552. The van der Waals surface area contributed by atoms with Crippen LogP contribution in [0.25, 0.3) is 0 Å². The third-order valence-electron chi connectivity index (χ3n) is 3.94. The van der Waals surface area contributed by atoms with Gasteiger partial charge in [-0.2, -0.15) is 0 Å². The summed E-state index contributed by atoms with van der Waals surface area (Å²) in [7, 11) is -3.16. The lowest BCUT2D eigenvalue weighted by Crippen LogP contribution is -2.28. The van der Waals surface area contributed by atoms with E-state index >= 15 is 0 Å². The Kier molecular flexibility index (Phi) is 6.13. The molecule has 136 valence electrons. The van der Waals surface area contributed by atoms with Crippen molar-refractivity contribution in [3.05, 3.63) is 59.5 Å². The molecule has 2 rings (SSSR count). The topological polar surface area (TPSA) is 71.1 Å². The fourth-order valence-corrected chi connectivity index (χ4v) is 2.85. The fourth-order valence-electron chi connectivity index (χ4n) is 2.37. The van der Waals surface area contributed by atoms with E-state index in [1.807, 2.05) is 12.1 Å². The quantitative estimate of drug-likeness (QED) is 0.755. The summed E-state index contributed by atoms with van der Waals surface area (Å²) >= 11 is 0. The van der Waals surface area contributed by atoms with Crippen molar-refractivity contribution in [3.63, 3.8) is 0 Å². The largest absolute Gasteiger partial charge is 0.369 e. The Hall–Kier alpha value is -1.99. The Morgan fingerprint density at radius 3 is 2.36 bits per heavy atom. The van der Waals surface area contributed by atoms with Gasteiger partial charge in [0.1, 0.15) is 11.6 Å². The highest BCUT2D eigenvalue weighted by atomic mass is 32.2. The van der Waals surface area contributed by atoms with Crippen LogP contribution in [0.15, 0.2) is 42.6 Å². The molecule has 2 aromatic rings. The van der Waals surface area contributed by atoms with Crippen molar-refractivity contribution >= 4 is 15.8 Å². The minimum atomic E-state index is -3.16.